The van der Waals surface area contributed by atoms with Crippen molar-refractivity contribution in [2.45, 2.75) is 0 Å². The van der Waals surface area contributed by atoms with Crippen molar-refractivity contribution in [2.24, 2.45) is 0 Å². The van der Waals surface area contributed by atoms with Crippen LogP contribution in [0.15, 0.2) is 30.8 Å². The second-order valence-corrected chi connectivity index (χ2v) is 6.91. The minimum Gasteiger partial charge on any atom is -0.872 e. The zero-order chi connectivity index (χ0) is 18.1. The zero-order valence-corrected chi connectivity index (χ0v) is 13.4. The first-order valence-electron chi connectivity index (χ1n) is 8.08. The average molecular weight is 336 g/mol. The highest BCUT2D eigenvalue weighted by Crippen LogP contribution is 2.43. The van der Waals surface area contributed by atoms with Crippen LogP contribution in [0.2, 0.25) is 0 Å². The predicted molar refractivity (Wildman–Crippen MR) is 94.1 cm³/mol. The molecule has 4 heteroatoms. The van der Waals surface area contributed by atoms with Crippen LogP contribution in [-0.4, -0.2) is 11.6 Å². The Morgan fingerprint density at radius 3 is 2.04 bits per heavy atom. The molecule has 0 saturated carbocycles. The third-order valence-electron chi connectivity index (χ3n) is 5.74. The smallest absolute Gasteiger partial charge is 0.194 e. The first-order valence-corrected chi connectivity index (χ1v) is 8.08. The van der Waals surface area contributed by atoms with Crippen LogP contribution in [0.3, 0.4) is 0 Å². The van der Waals surface area contributed by atoms with Crippen LogP contribution in [0, 0.1) is 0 Å². The number of hydrogen-bond donors (Lipinski definition) is 0. The molecule has 2 aliphatic rings. The Hall–Kier alpha value is -3.66. The molecule has 0 spiro atoms. The standard InChI is InChI=1S/C22H10O4/c1-7-9-3-15-11(5-13(9)19(7)23)17(21(15)25)18-12-6-14-10(8(2)20(14)24)4-16(12)22(18)26/h3-6,23,25H,1-2H2/p-2/b18-17+. The summed E-state index contributed by atoms with van der Waals surface area (Å²) in [5.74, 6) is -0.667. The minimum absolute atomic E-state index is 0.128. The van der Waals surface area contributed by atoms with Gasteiger partial charge < -0.3 is 10.2 Å². The van der Waals surface area contributed by atoms with Gasteiger partial charge in [0.2, 0.25) is 0 Å². The molecule has 0 heterocycles. The molecule has 26 heavy (non-hydrogen) atoms. The van der Waals surface area contributed by atoms with E-state index in [1.54, 1.807) is 24.3 Å². The lowest BCUT2D eigenvalue weighted by Crippen LogP contribution is -2.32. The van der Waals surface area contributed by atoms with E-state index in [2.05, 4.69) is 13.2 Å². The highest BCUT2D eigenvalue weighted by molar-refractivity contribution is 6.44. The third-order valence-corrected chi connectivity index (χ3v) is 5.74. The second-order valence-electron chi connectivity index (χ2n) is 6.91. The summed E-state index contributed by atoms with van der Waals surface area (Å²) in [5.41, 5.74) is 3.14. The summed E-state index contributed by atoms with van der Waals surface area (Å²) in [7, 11) is 0. The molecular formula is C22H8O4-2. The van der Waals surface area contributed by atoms with Gasteiger partial charge in [0, 0.05) is 22.3 Å². The van der Waals surface area contributed by atoms with Crippen LogP contribution in [0.4, 0.5) is 0 Å². The van der Waals surface area contributed by atoms with E-state index in [4.69, 9.17) is 0 Å². The topological polar surface area (TPSA) is 80.3 Å². The van der Waals surface area contributed by atoms with Gasteiger partial charge in [0.1, 0.15) is 0 Å². The molecule has 6 rings (SSSR count). The number of allylic oxidation sites excluding steroid dienone is 1. The second kappa shape index (κ2) is 3.78. The van der Waals surface area contributed by atoms with Gasteiger partial charge in [-0.05, 0) is 67.4 Å². The summed E-state index contributed by atoms with van der Waals surface area (Å²) >= 11 is 0. The quantitative estimate of drug-likeness (QED) is 0.449. The Balaban J connectivity index is 1.68. The first kappa shape index (κ1) is 13.6. The van der Waals surface area contributed by atoms with Crippen molar-refractivity contribution in [3.63, 3.8) is 0 Å². The largest absolute Gasteiger partial charge is 0.872 e. The lowest BCUT2D eigenvalue weighted by Gasteiger charge is -2.32. The number of Topliss-reactive ketones (excluding diaryl/α,β-unsaturated/α-hetero) is 2. The lowest BCUT2D eigenvalue weighted by atomic mass is 9.71. The van der Waals surface area contributed by atoms with Crippen molar-refractivity contribution in [1.29, 1.82) is 0 Å². The molecule has 0 aromatic heterocycles. The summed E-state index contributed by atoms with van der Waals surface area (Å²) in [5, 5.41) is 27.6. The van der Waals surface area contributed by atoms with Crippen molar-refractivity contribution >= 4 is 50.8 Å². The first-order chi connectivity index (χ1) is 12.4. The van der Waals surface area contributed by atoms with Crippen LogP contribution in [-0.2, 0) is 0 Å². The van der Waals surface area contributed by atoms with Crippen molar-refractivity contribution in [3.05, 3.63) is 63.5 Å². The highest BCUT2D eigenvalue weighted by atomic mass is 16.3. The fourth-order valence-corrected chi connectivity index (χ4v) is 4.19. The maximum absolute atomic E-state index is 12.6. The van der Waals surface area contributed by atoms with Crippen molar-refractivity contribution in [3.8, 4) is 11.5 Å². The number of carbonyl (C=O) groups is 2. The van der Waals surface area contributed by atoms with Crippen LogP contribution < -0.4 is 20.7 Å². The molecule has 0 unspecified atom stereocenters. The zero-order valence-electron chi connectivity index (χ0n) is 13.4. The molecule has 0 amide bonds. The summed E-state index contributed by atoms with van der Waals surface area (Å²) < 4.78 is 0. The molecular weight excluding hydrogens is 328 g/mol. The van der Waals surface area contributed by atoms with E-state index in [1.165, 1.54) is 0 Å². The van der Waals surface area contributed by atoms with Crippen LogP contribution in [0.5, 0.6) is 11.5 Å². The van der Waals surface area contributed by atoms with Crippen LogP contribution >= 0.6 is 0 Å². The number of carbonyl (C=O) groups excluding carboxylic acids is 2. The summed E-state index contributed by atoms with van der Waals surface area (Å²) in [6, 6.07) is 6.70. The Morgan fingerprint density at radius 1 is 0.654 bits per heavy atom. The van der Waals surface area contributed by atoms with Gasteiger partial charge in [-0.25, -0.2) is 0 Å². The van der Waals surface area contributed by atoms with Gasteiger partial charge in [0.25, 0.3) is 0 Å². The summed E-state index contributed by atoms with van der Waals surface area (Å²) in [4.78, 5) is 24.5. The Kier molecular flexibility index (Phi) is 1.98. The monoisotopic (exact) mass is 336 g/mol. The van der Waals surface area contributed by atoms with Gasteiger partial charge in [0.05, 0.1) is 0 Å². The molecule has 0 radical (unpaired) electrons. The molecule has 4 aromatic carbocycles. The Labute approximate surface area is 146 Å². The maximum atomic E-state index is 12.6. The molecule has 2 aliphatic carbocycles. The van der Waals surface area contributed by atoms with E-state index in [1.807, 2.05) is 0 Å². The number of rotatable bonds is 0. The number of hydrogen-bond acceptors (Lipinski definition) is 4. The van der Waals surface area contributed by atoms with Crippen molar-refractivity contribution in [2.75, 3.05) is 0 Å². The molecule has 4 nitrogen and oxygen atoms in total. The van der Waals surface area contributed by atoms with Crippen molar-refractivity contribution < 1.29 is 19.8 Å². The van der Waals surface area contributed by atoms with E-state index < -0.39 is 0 Å². The molecule has 0 fully saturated rings. The molecule has 0 N–H and O–H groups in total. The Bertz CT molecular complexity index is 1500. The van der Waals surface area contributed by atoms with E-state index in [0.29, 0.717) is 65.4 Å². The van der Waals surface area contributed by atoms with E-state index >= 15 is 0 Å². The van der Waals surface area contributed by atoms with Gasteiger partial charge in [-0.15, -0.1) is 0 Å². The van der Waals surface area contributed by atoms with E-state index in [-0.39, 0.29) is 23.1 Å². The van der Waals surface area contributed by atoms with Gasteiger partial charge in [0.15, 0.2) is 11.6 Å². The van der Waals surface area contributed by atoms with E-state index in [0.717, 1.165) is 0 Å². The van der Waals surface area contributed by atoms with Crippen molar-refractivity contribution in [1.82, 2.24) is 0 Å². The molecule has 0 aliphatic heterocycles. The number of fused-ring (bicyclic) bond motifs is 4. The molecule has 0 saturated heterocycles. The molecule has 0 bridgehead atoms. The fraction of sp³-hybridized carbons (Fsp3) is 0. The van der Waals surface area contributed by atoms with E-state index in [9.17, 15) is 19.8 Å². The highest BCUT2D eigenvalue weighted by Gasteiger charge is 2.38. The van der Waals surface area contributed by atoms with Crippen LogP contribution in [0.1, 0.15) is 31.8 Å². The molecule has 122 valence electrons. The van der Waals surface area contributed by atoms with Gasteiger partial charge in [-0.2, -0.15) is 0 Å². The summed E-state index contributed by atoms with van der Waals surface area (Å²) in [6.45, 7) is 7.40. The molecule has 0 atom stereocenters. The SMILES string of the molecule is C=C1C(=O)c2cc3c(cc21)C(=O)/C3=c1/c([O-])c2cc3c(=C)c([O-])c3cc12. The van der Waals surface area contributed by atoms with Gasteiger partial charge >= 0.3 is 0 Å². The third kappa shape index (κ3) is 1.18. The Morgan fingerprint density at radius 2 is 1.27 bits per heavy atom. The normalized spacial score (nSPS) is 17.6. The minimum atomic E-state index is -0.206. The average Bonchev–Trinajstić information content (AvgIpc) is 2.67. The number of benzene rings is 2. The fourth-order valence-electron chi connectivity index (χ4n) is 4.19. The van der Waals surface area contributed by atoms with Crippen LogP contribution in [0.25, 0.3) is 39.3 Å². The lowest BCUT2D eigenvalue weighted by molar-refractivity contribution is -0.269. The van der Waals surface area contributed by atoms with Gasteiger partial charge in [-0.3, -0.25) is 9.59 Å². The predicted octanol–water partition coefficient (Wildman–Crippen LogP) is 1.03. The summed E-state index contributed by atoms with van der Waals surface area (Å²) in [6.07, 6.45) is 0. The van der Waals surface area contributed by atoms with Gasteiger partial charge in [-0.1, -0.05) is 24.7 Å². The number of ketones is 2. The maximum Gasteiger partial charge on any atom is 0.194 e. The molecule has 4 aromatic rings.